The Morgan fingerprint density at radius 2 is 1.76 bits per heavy atom. The fraction of sp³-hybridized carbons (Fsp3) is 0.632. The van der Waals surface area contributed by atoms with Crippen molar-refractivity contribution in [2.75, 3.05) is 26.7 Å². The molecule has 0 bridgehead atoms. The third-order valence-corrected chi connectivity index (χ3v) is 6.35. The van der Waals surface area contributed by atoms with E-state index in [2.05, 4.69) is 50.8 Å². The number of benzene rings is 1. The number of rotatable bonds is 5. The second-order valence-electron chi connectivity index (χ2n) is 7.13. The molecule has 2 aliphatic rings. The summed E-state index contributed by atoms with van der Waals surface area (Å²) in [6, 6.07) is 8.58. The van der Waals surface area contributed by atoms with Crippen LogP contribution in [-0.4, -0.2) is 38.3 Å². The van der Waals surface area contributed by atoms with E-state index in [9.17, 15) is 4.79 Å². The zero-order valence-electron chi connectivity index (χ0n) is 14.8. The standard InChI is InChI=1S/C19H27BrN2O2.ClH/c1-24-19(10-12-21-13-11-19)17(23)22-14-18(8-2-3-9-18)15-4-6-16(20)7-5-15;/h4-7,21H,2-3,8-14H2,1H3,(H,22,23);1H. The first kappa shape index (κ1) is 20.7. The van der Waals surface area contributed by atoms with Gasteiger partial charge in [-0.25, -0.2) is 0 Å². The summed E-state index contributed by atoms with van der Waals surface area (Å²) < 4.78 is 6.75. The van der Waals surface area contributed by atoms with Crippen molar-refractivity contribution in [3.8, 4) is 0 Å². The van der Waals surface area contributed by atoms with Crippen molar-refractivity contribution in [2.45, 2.75) is 49.5 Å². The Kier molecular flexibility index (Phi) is 7.32. The van der Waals surface area contributed by atoms with E-state index in [0.29, 0.717) is 6.54 Å². The van der Waals surface area contributed by atoms with E-state index < -0.39 is 5.60 Å². The normalized spacial score (nSPS) is 21.4. The lowest BCUT2D eigenvalue weighted by molar-refractivity contribution is -0.147. The average Bonchev–Trinajstić information content (AvgIpc) is 3.11. The van der Waals surface area contributed by atoms with Gasteiger partial charge in [-0.3, -0.25) is 4.79 Å². The molecule has 1 saturated carbocycles. The first-order valence-electron chi connectivity index (χ1n) is 8.91. The van der Waals surface area contributed by atoms with Gasteiger partial charge in [0.15, 0.2) is 0 Å². The van der Waals surface area contributed by atoms with E-state index in [1.54, 1.807) is 7.11 Å². The minimum Gasteiger partial charge on any atom is -0.368 e. The van der Waals surface area contributed by atoms with Gasteiger partial charge < -0.3 is 15.4 Å². The molecule has 0 spiro atoms. The number of nitrogens with one attached hydrogen (secondary N) is 2. The largest absolute Gasteiger partial charge is 0.368 e. The van der Waals surface area contributed by atoms with Crippen molar-refractivity contribution >= 4 is 34.2 Å². The molecule has 1 aliphatic heterocycles. The van der Waals surface area contributed by atoms with E-state index in [0.717, 1.165) is 43.2 Å². The second kappa shape index (κ2) is 8.85. The quantitative estimate of drug-likeness (QED) is 0.749. The molecule has 0 atom stereocenters. The highest BCUT2D eigenvalue weighted by molar-refractivity contribution is 9.10. The van der Waals surface area contributed by atoms with Crippen molar-refractivity contribution in [1.82, 2.24) is 10.6 Å². The van der Waals surface area contributed by atoms with Gasteiger partial charge in [0.1, 0.15) is 5.60 Å². The summed E-state index contributed by atoms with van der Waals surface area (Å²) in [4.78, 5) is 12.9. The van der Waals surface area contributed by atoms with Gasteiger partial charge in [-0.15, -0.1) is 12.4 Å². The molecule has 1 aromatic carbocycles. The third-order valence-electron chi connectivity index (χ3n) is 5.82. The minimum absolute atomic E-state index is 0. The van der Waals surface area contributed by atoms with Crippen LogP contribution in [0.15, 0.2) is 28.7 Å². The average molecular weight is 432 g/mol. The van der Waals surface area contributed by atoms with Crippen molar-refractivity contribution in [1.29, 1.82) is 0 Å². The van der Waals surface area contributed by atoms with Crippen LogP contribution in [0.1, 0.15) is 44.1 Å². The number of piperidine rings is 1. The fourth-order valence-corrected chi connectivity index (χ4v) is 4.45. The highest BCUT2D eigenvalue weighted by Gasteiger charge is 2.42. The first-order chi connectivity index (χ1) is 11.6. The van der Waals surface area contributed by atoms with Gasteiger partial charge in [0.2, 0.25) is 0 Å². The van der Waals surface area contributed by atoms with Crippen LogP contribution in [0, 0.1) is 0 Å². The van der Waals surface area contributed by atoms with E-state index in [4.69, 9.17) is 4.74 Å². The molecule has 0 aromatic heterocycles. The van der Waals surface area contributed by atoms with Crippen LogP contribution in [0.3, 0.4) is 0 Å². The maximum absolute atomic E-state index is 12.9. The summed E-state index contributed by atoms with van der Waals surface area (Å²) in [5.74, 6) is 0.0508. The molecule has 2 N–H and O–H groups in total. The Morgan fingerprint density at radius 1 is 1.16 bits per heavy atom. The maximum atomic E-state index is 12.9. The Bertz CT molecular complexity index is 567. The molecule has 1 aliphatic carbocycles. The molecule has 1 aromatic rings. The van der Waals surface area contributed by atoms with Gasteiger partial charge in [0.25, 0.3) is 5.91 Å². The lowest BCUT2D eigenvalue weighted by Crippen LogP contribution is -2.55. The lowest BCUT2D eigenvalue weighted by Gasteiger charge is -2.37. The van der Waals surface area contributed by atoms with Gasteiger partial charge in [-0.05, 0) is 56.5 Å². The highest BCUT2D eigenvalue weighted by Crippen LogP contribution is 2.41. The number of halogens is 2. The SMILES string of the molecule is COC1(C(=O)NCC2(c3ccc(Br)cc3)CCCC2)CCNCC1.Cl. The summed E-state index contributed by atoms with van der Waals surface area (Å²) >= 11 is 3.51. The van der Waals surface area contributed by atoms with Gasteiger partial charge in [0.05, 0.1) is 0 Å². The van der Waals surface area contributed by atoms with Crippen LogP contribution >= 0.6 is 28.3 Å². The molecule has 25 heavy (non-hydrogen) atoms. The van der Waals surface area contributed by atoms with Gasteiger partial charge >= 0.3 is 0 Å². The monoisotopic (exact) mass is 430 g/mol. The summed E-state index contributed by atoms with van der Waals surface area (Å²) in [6.07, 6.45) is 6.20. The number of carbonyl (C=O) groups is 1. The fourth-order valence-electron chi connectivity index (χ4n) is 4.19. The summed E-state index contributed by atoms with van der Waals surface area (Å²) in [5.41, 5.74) is 0.739. The first-order valence-corrected chi connectivity index (χ1v) is 9.70. The maximum Gasteiger partial charge on any atom is 0.252 e. The predicted octanol–water partition coefficient (Wildman–Crippen LogP) is 3.57. The number of amides is 1. The zero-order valence-corrected chi connectivity index (χ0v) is 17.2. The topological polar surface area (TPSA) is 50.4 Å². The number of carbonyl (C=O) groups excluding carboxylic acids is 1. The highest BCUT2D eigenvalue weighted by atomic mass is 79.9. The Hall–Kier alpha value is -0.620. The van der Waals surface area contributed by atoms with E-state index >= 15 is 0 Å². The smallest absolute Gasteiger partial charge is 0.252 e. The van der Waals surface area contributed by atoms with Gasteiger partial charge in [-0.1, -0.05) is 40.9 Å². The number of hydrogen-bond donors (Lipinski definition) is 2. The molecular weight excluding hydrogens is 404 g/mol. The Morgan fingerprint density at radius 3 is 2.32 bits per heavy atom. The van der Waals surface area contributed by atoms with Crippen LogP contribution in [-0.2, 0) is 14.9 Å². The molecule has 1 amide bonds. The summed E-state index contributed by atoms with van der Waals surface area (Å²) in [5, 5.41) is 6.54. The number of methoxy groups -OCH3 is 1. The van der Waals surface area contributed by atoms with Gasteiger partial charge in [0, 0.05) is 23.5 Å². The number of hydrogen-bond acceptors (Lipinski definition) is 3. The van der Waals surface area contributed by atoms with E-state index in [1.165, 1.54) is 18.4 Å². The minimum atomic E-state index is -0.662. The molecule has 3 rings (SSSR count). The van der Waals surface area contributed by atoms with Crippen molar-refractivity contribution in [2.24, 2.45) is 0 Å². The van der Waals surface area contributed by atoms with Crippen LogP contribution in [0.25, 0.3) is 0 Å². The molecular formula is C19H28BrClN2O2. The van der Waals surface area contributed by atoms with E-state index in [-0.39, 0.29) is 23.7 Å². The van der Waals surface area contributed by atoms with Crippen molar-refractivity contribution in [3.63, 3.8) is 0 Å². The van der Waals surface area contributed by atoms with E-state index in [1.807, 2.05) is 0 Å². The Labute approximate surface area is 165 Å². The Balaban J connectivity index is 0.00000225. The zero-order chi connectivity index (χ0) is 17.0. The molecule has 6 heteroatoms. The molecule has 2 fully saturated rings. The van der Waals surface area contributed by atoms with Crippen molar-refractivity contribution < 1.29 is 9.53 Å². The van der Waals surface area contributed by atoms with Crippen LogP contribution < -0.4 is 10.6 Å². The lowest BCUT2D eigenvalue weighted by atomic mass is 9.78. The second-order valence-corrected chi connectivity index (χ2v) is 8.04. The van der Waals surface area contributed by atoms with Crippen LogP contribution in [0.4, 0.5) is 0 Å². The van der Waals surface area contributed by atoms with Crippen LogP contribution in [0.2, 0.25) is 0 Å². The molecule has 0 unspecified atom stereocenters. The number of ether oxygens (including phenoxy) is 1. The third kappa shape index (κ3) is 4.38. The summed E-state index contributed by atoms with van der Waals surface area (Å²) in [7, 11) is 1.66. The molecule has 1 heterocycles. The van der Waals surface area contributed by atoms with Crippen molar-refractivity contribution in [3.05, 3.63) is 34.3 Å². The predicted molar refractivity (Wildman–Crippen MR) is 106 cm³/mol. The summed E-state index contributed by atoms with van der Waals surface area (Å²) in [6.45, 7) is 2.37. The van der Waals surface area contributed by atoms with Crippen LogP contribution in [0.5, 0.6) is 0 Å². The molecule has 4 nitrogen and oxygen atoms in total. The molecule has 140 valence electrons. The molecule has 1 saturated heterocycles. The molecule has 0 radical (unpaired) electrons. The van der Waals surface area contributed by atoms with Gasteiger partial charge in [-0.2, -0.15) is 0 Å².